The molecule has 3 aromatic carbocycles. The first-order chi connectivity index (χ1) is 29.5. The zero-order chi connectivity index (χ0) is 48.0. The average Bonchev–Trinajstić information content (AvgIpc) is 3.42. The van der Waals surface area contributed by atoms with Gasteiger partial charge in [0, 0.05) is 43.2 Å². The minimum atomic E-state index is -4.29. The molecule has 4 aliphatic rings. The van der Waals surface area contributed by atoms with E-state index in [0.29, 0.717) is 18.1 Å². The molecule has 5 nitrogen and oxygen atoms in total. The van der Waals surface area contributed by atoms with E-state index in [1.807, 2.05) is 42.8 Å². The minimum Gasteiger partial charge on any atom is -0.400 e. The van der Waals surface area contributed by atoms with Crippen LogP contribution in [0.5, 0.6) is 0 Å². The van der Waals surface area contributed by atoms with Crippen molar-refractivity contribution in [1.29, 1.82) is 0 Å². The molecule has 0 N–H and O–H groups in total. The fourth-order valence-corrected chi connectivity index (χ4v) is 8.82. The van der Waals surface area contributed by atoms with Crippen LogP contribution in [-0.4, -0.2) is 93.4 Å². The number of hydrogen-bond acceptors (Lipinski definition) is 5. The quantitative estimate of drug-likeness (QED) is 0.148. The molecule has 0 amide bonds. The second kappa shape index (κ2) is 22.8. The maximum atomic E-state index is 12.7. The molecule has 0 unspecified atom stereocenters. The average molecular weight is 1220 g/mol. The van der Waals surface area contributed by atoms with Crippen molar-refractivity contribution < 1.29 is 48.8 Å². The Morgan fingerprint density at radius 2 is 1.05 bits per heavy atom. The number of likely N-dealkylation sites (tertiary alicyclic amines) is 1. The lowest BCUT2D eigenvalue weighted by atomic mass is 9.75. The van der Waals surface area contributed by atoms with E-state index in [9.17, 15) is 39.5 Å². The fraction of sp³-hybridized carbons (Fsp3) is 0.511. The van der Waals surface area contributed by atoms with Crippen LogP contribution in [0.15, 0.2) is 85.6 Å². The molecule has 2 saturated heterocycles. The van der Waals surface area contributed by atoms with Crippen LogP contribution in [0.3, 0.4) is 0 Å². The molecule has 0 atom stereocenters. The van der Waals surface area contributed by atoms with Gasteiger partial charge in [-0.1, -0.05) is 44.0 Å². The second-order valence-corrected chi connectivity index (χ2v) is 21.0. The van der Waals surface area contributed by atoms with Crippen LogP contribution in [0.25, 0.3) is 5.57 Å². The highest BCUT2D eigenvalue weighted by Gasteiger charge is 2.52. The first-order valence-corrected chi connectivity index (χ1v) is 24.0. The van der Waals surface area contributed by atoms with Crippen LogP contribution >= 0.6 is 70.4 Å². The Hall–Kier alpha value is -1.46. The Bertz CT molecular complexity index is 2090. The molecule has 4 aliphatic heterocycles. The first-order valence-electron chi connectivity index (χ1n) is 20.5. The third-order valence-electron chi connectivity index (χ3n) is 11.8. The van der Waals surface area contributed by atoms with Gasteiger partial charge >= 0.3 is 25.6 Å². The summed E-state index contributed by atoms with van der Waals surface area (Å²) >= 11 is 11.7. The van der Waals surface area contributed by atoms with Crippen LogP contribution in [0.4, 0.5) is 39.5 Å². The lowest BCUT2D eigenvalue weighted by Crippen LogP contribution is -2.41. The van der Waals surface area contributed by atoms with Gasteiger partial charge < -0.3 is 24.0 Å². The van der Waals surface area contributed by atoms with Gasteiger partial charge in [0.15, 0.2) is 0 Å². The number of hydrogen-bond donors (Lipinski definition) is 0. The van der Waals surface area contributed by atoms with Crippen molar-refractivity contribution in [2.45, 2.75) is 89.0 Å². The largest absolute Gasteiger partial charge is 0.490 e. The predicted molar refractivity (Wildman–Crippen MR) is 256 cm³/mol. The van der Waals surface area contributed by atoms with E-state index in [-0.39, 0.29) is 24.2 Å². The van der Waals surface area contributed by atoms with Crippen molar-refractivity contribution in [1.82, 2.24) is 14.7 Å². The zero-order valence-electron chi connectivity index (χ0n) is 36.6. The molecule has 0 radical (unpaired) electrons. The van der Waals surface area contributed by atoms with Crippen molar-refractivity contribution in [2.75, 3.05) is 60.4 Å². The van der Waals surface area contributed by atoms with Crippen molar-refractivity contribution in [2.24, 2.45) is 0 Å². The molecular formula is C45H53BBr3F9IN3O2. The Balaban J connectivity index is 0.000000189. The first kappa shape index (κ1) is 55.1. The van der Waals surface area contributed by atoms with Gasteiger partial charge in [-0.05, 0) is 209 Å². The number of rotatable bonds is 3. The van der Waals surface area contributed by atoms with Crippen LogP contribution in [-0.2, 0) is 27.8 Å². The number of piperidine rings is 1. The Morgan fingerprint density at radius 1 is 0.594 bits per heavy atom. The van der Waals surface area contributed by atoms with Crippen molar-refractivity contribution in [3.63, 3.8) is 0 Å². The van der Waals surface area contributed by atoms with E-state index in [1.54, 1.807) is 0 Å². The molecule has 64 heavy (non-hydrogen) atoms. The summed E-state index contributed by atoms with van der Waals surface area (Å²) in [7, 11) is 6.03. The van der Waals surface area contributed by atoms with Gasteiger partial charge in [0.25, 0.3) is 0 Å². The molecule has 354 valence electrons. The van der Waals surface area contributed by atoms with E-state index < -0.39 is 35.2 Å². The summed E-state index contributed by atoms with van der Waals surface area (Å²) in [6.45, 7) is 14.0. The predicted octanol–water partition coefficient (Wildman–Crippen LogP) is 14.4. The fourth-order valence-electron chi connectivity index (χ4n) is 6.98. The van der Waals surface area contributed by atoms with Crippen LogP contribution in [0.2, 0.25) is 0 Å². The Labute approximate surface area is 410 Å². The van der Waals surface area contributed by atoms with Crippen molar-refractivity contribution in [3.8, 4) is 0 Å². The topological polar surface area (TPSA) is 28.2 Å². The van der Waals surface area contributed by atoms with Crippen molar-refractivity contribution >= 4 is 83.1 Å². The molecular weight excluding hydrogens is 1160 g/mol. The summed E-state index contributed by atoms with van der Waals surface area (Å²) in [6, 6.07) is 11.3. The summed E-state index contributed by atoms with van der Waals surface area (Å²) in [5.74, 6) is 0.220. The van der Waals surface area contributed by atoms with Gasteiger partial charge in [0.05, 0.1) is 27.9 Å². The van der Waals surface area contributed by atoms with Gasteiger partial charge in [0.1, 0.15) is 0 Å². The second-order valence-electron chi connectivity index (χ2n) is 17.3. The highest BCUT2D eigenvalue weighted by atomic mass is 127. The smallest absolute Gasteiger partial charge is 0.400 e. The molecule has 0 aromatic heterocycles. The van der Waals surface area contributed by atoms with E-state index >= 15 is 0 Å². The van der Waals surface area contributed by atoms with Gasteiger partial charge in [-0.25, -0.2) is 0 Å². The van der Waals surface area contributed by atoms with Gasteiger partial charge in [0.2, 0.25) is 0 Å². The van der Waals surface area contributed by atoms with E-state index in [2.05, 4.69) is 103 Å². The van der Waals surface area contributed by atoms with E-state index in [0.717, 1.165) is 105 Å². The number of alkyl halides is 9. The normalized spacial score (nSPS) is 19.9. The van der Waals surface area contributed by atoms with Gasteiger partial charge in [-0.3, -0.25) is 0 Å². The third kappa shape index (κ3) is 15.8. The molecule has 3 aromatic rings. The van der Waals surface area contributed by atoms with E-state index in [1.165, 1.54) is 35.8 Å². The number of halogens is 13. The van der Waals surface area contributed by atoms with Crippen LogP contribution < -0.4 is 0 Å². The van der Waals surface area contributed by atoms with Gasteiger partial charge in [-0.2, -0.15) is 39.5 Å². The maximum Gasteiger partial charge on any atom is 0.490 e. The number of nitrogens with zero attached hydrogens (tertiary/aromatic N) is 3. The summed E-state index contributed by atoms with van der Waals surface area (Å²) in [6.07, 6.45) is -4.92. The minimum absolute atomic E-state index is 0.140. The summed E-state index contributed by atoms with van der Waals surface area (Å²) < 4.78 is 127. The maximum absolute atomic E-state index is 12.7. The summed E-state index contributed by atoms with van der Waals surface area (Å²) in [4.78, 5) is 6.64. The molecule has 0 spiro atoms. The lowest BCUT2D eigenvalue weighted by Gasteiger charge is -2.32. The summed E-state index contributed by atoms with van der Waals surface area (Å²) in [5, 5.41) is 0. The zero-order valence-corrected chi connectivity index (χ0v) is 43.6. The van der Waals surface area contributed by atoms with Crippen LogP contribution in [0.1, 0.15) is 87.1 Å². The number of benzene rings is 3. The lowest BCUT2D eigenvalue weighted by molar-refractivity contribution is -0.138. The monoisotopic (exact) mass is 1210 g/mol. The third-order valence-corrected chi connectivity index (χ3v) is 15.5. The molecule has 4 heterocycles. The highest BCUT2D eigenvalue weighted by molar-refractivity contribution is 14.1. The standard InChI is InChI=1S/C13H15BrF3N.C13H13BrF3N.C12H22BNO2.C7H3BrF3I/c2*1-18-6-4-9(5-7-18)11-8-10(13(15,16)17)2-3-12(11)14;1-11(2)12(3,4)16-13(15-11)10-6-8-14(5)9-7-10;8-5-2-1-4(3-6(5)12)7(9,10)11/h2-3,8-9H,4-7H2,1H3;2-4,8H,5-7H2,1H3;6H,7-9H2,1-5H3;1-3H. The Kier molecular flexibility index (Phi) is 19.6. The molecule has 7 rings (SSSR count). The van der Waals surface area contributed by atoms with Crippen molar-refractivity contribution in [3.05, 3.63) is 117 Å². The molecule has 2 fully saturated rings. The Morgan fingerprint density at radius 3 is 1.50 bits per heavy atom. The molecule has 0 bridgehead atoms. The molecule has 0 aliphatic carbocycles. The molecule has 0 saturated carbocycles. The highest BCUT2D eigenvalue weighted by Crippen LogP contribution is 2.41. The number of likely N-dealkylation sites (N-methyl/N-ethyl adjacent to an activating group) is 2. The molecule has 19 heteroatoms. The van der Waals surface area contributed by atoms with Gasteiger partial charge in [-0.15, -0.1) is 0 Å². The summed E-state index contributed by atoms with van der Waals surface area (Å²) in [5.41, 5.74) is 1.51. The SMILES string of the molecule is CN1CC=C(B2OC(C)(C)C(C)(C)O2)CC1.CN1CC=C(c2cc(C(F)(F)F)ccc2Br)CC1.CN1CCC(c2cc(C(F)(F)F)ccc2Br)CC1.FC(F)(F)c1ccc(Br)c(I)c1. The van der Waals surface area contributed by atoms with E-state index in [4.69, 9.17) is 9.31 Å². The van der Waals surface area contributed by atoms with Crippen LogP contribution in [0, 0.1) is 3.57 Å².